The van der Waals surface area contributed by atoms with E-state index < -0.39 is 12.0 Å². The molecule has 0 aromatic carbocycles. The van der Waals surface area contributed by atoms with Gasteiger partial charge in [0.2, 0.25) is 0 Å². The van der Waals surface area contributed by atoms with Gasteiger partial charge in [0, 0.05) is 13.1 Å². The summed E-state index contributed by atoms with van der Waals surface area (Å²) in [5, 5.41) is 8.23. The number of nitrogens with two attached hydrogens (primary N) is 3. The molecular formula is C7H19N3O2. The van der Waals surface area contributed by atoms with Gasteiger partial charge in [-0.15, -0.1) is 0 Å². The fourth-order valence-electron chi connectivity index (χ4n) is 0.285. The van der Waals surface area contributed by atoms with Crippen molar-refractivity contribution in [2.75, 3.05) is 13.1 Å². The van der Waals surface area contributed by atoms with Crippen LogP contribution >= 0.6 is 0 Å². The molecule has 0 saturated heterocycles. The molecule has 0 heterocycles. The highest BCUT2D eigenvalue weighted by atomic mass is 16.4. The van der Waals surface area contributed by atoms with Gasteiger partial charge in [-0.05, 0) is 5.92 Å². The first-order chi connectivity index (χ1) is 5.47. The Balaban J connectivity index is 0. The first-order valence-electron chi connectivity index (χ1n) is 3.85. The van der Waals surface area contributed by atoms with Crippen molar-refractivity contribution in [3.63, 3.8) is 0 Å². The maximum Gasteiger partial charge on any atom is 0.320 e. The van der Waals surface area contributed by atoms with E-state index in [0.717, 1.165) is 0 Å². The normalized spacial score (nSPS) is 11.8. The topological polar surface area (TPSA) is 115 Å². The standard InChI is InChI=1S/C5H11NO2.C2H8N2/c1-3(2)4(6)5(7)8;3-1-2-4/h3-4H,6H2,1-2H3,(H,7,8);1-4H2/t4-;/m0./s1. The Hall–Kier alpha value is -0.650. The minimum atomic E-state index is -0.931. The molecule has 5 nitrogen and oxygen atoms in total. The Labute approximate surface area is 72.9 Å². The van der Waals surface area contributed by atoms with Crippen molar-refractivity contribution >= 4 is 5.97 Å². The summed E-state index contributed by atoms with van der Waals surface area (Å²) < 4.78 is 0. The van der Waals surface area contributed by atoms with E-state index >= 15 is 0 Å². The fraction of sp³-hybridized carbons (Fsp3) is 0.857. The first kappa shape index (κ1) is 13.9. The minimum Gasteiger partial charge on any atom is -0.480 e. The smallest absolute Gasteiger partial charge is 0.320 e. The summed E-state index contributed by atoms with van der Waals surface area (Å²) in [4.78, 5) is 10.0. The molecule has 12 heavy (non-hydrogen) atoms. The Kier molecular flexibility index (Phi) is 9.79. The van der Waals surface area contributed by atoms with Crippen LogP contribution in [0.3, 0.4) is 0 Å². The van der Waals surface area contributed by atoms with Crippen LogP contribution in [0.4, 0.5) is 0 Å². The molecule has 0 unspecified atom stereocenters. The van der Waals surface area contributed by atoms with E-state index in [2.05, 4.69) is 0 Å². The van der Waals surface area contributed by atoms with Gasteiger partial charge < -0.3 is 22.3 Å². The van der Waals surface area contributed by atoms with Crippen LogP contribution in [-0.4, -0.2) is 30.2 Å². The van der Waals surface area contributed by atoms with Gasteiger partial charge in [0.05, 0.1) is 0 Å². The summed E-state index contributed by atoms with van der Waals surface area (Å²) in [7, 11) is 0. The SMILES string of the molecule is CC(C)[C@H](N)C(=O)O.NCCN. The lowest BCUT2D eigenvalue weighted by Gasteiger charge is -2.07. The zero-order valence-corrected chi connectivity index (χ0v) is 7.66. The second-order valence-corrected chi connectivity index (χ2v) is 2.69. The molecule has 0 saturated carbocycles. The molecule has 0 aliphatic rings. The van der Waals surface area contributed by atoms with E-state index in [1.807, 2.05) is 0 Å². The van der Waals surface area contributed by atoms with Gasteiger partial charge in [-0.2, -0.15) is 0 Å². The van der Waals surface area contributed by atoms with E-state index in [1.165, 1.54) is 0 Å². The van der Waals surface area contributed by atoms with Crippen molar-refractivity contribution in [3.8, 4) is 0 Å². The van der Waals surface area contributed by atoms with Crippen LogP contribution in [0.15, 0.2) is 0 Å². The number of rotatable bonds is 3. The highest BCUT2D eigenvalue weighted by Crippen LogP contribution is 1.96. The predicted molar refractivity (Wildman–Crippen MR) is 48.6 cm³/mol. The van der Waals surface area contributed by atoms with Crippen molar-refractivity contribution in [1.29, 1.82) is 0 Å². The van der Waals surface area contributed by atoms with Crippen molar-refractivity contribution in [3.05, 3.63) is 0 Å². The average Bonchev–Trinajstić information content (AvgIpc) is 2.03. The monoisotopic (exact) mass is 177 g/mol. The molecular weight excluding hydrogens is 158 g/mol. The number of carboxylic acid groups (broad SMARTS) is 1. The maximum absolute atomic E-state index is 10.0. The van der Waals surface area contributed by atoms with Crippen molar-refractivity contribution in [1.82, 2.24) is 0 Å². The van der Waals surface area contributed by atoms with E-state index in [-0.39, 0.29) is 5.92 Å². The molecule has 0 aliphatic heterocycles. The van der Waals surface area contributed by atoms with E-state index in [4.69, 9.17) is 22.3 Å². The van der Waals surface area contributed by atoms with Crippen LogP contribution in [0.1, 0.15) is 13.8 Å². The van der Waals surface area contributed by atoms with Crippen LogP contribution in [0, 0.1) is 5.92 Å². The molecule has 0 bridgehead atoms. The zero-order chi connectivity index (χ0) is 10.1. The van der Waals surface area contributed by atoms with Crippen molar-refractivity contribution in [2.24, 2.45) is 23.1 Å². The van der Waals surface area contributed by atoms with Gasteiger partial charge in [-0.25, -0.2) is 0 Å². The summed E-state index contributed by atoms with van der Waals surface area (Å²) in [5.74, 6) is -0.910. The summed E-state index contributed by atoms with van der Waals surface area (Å²) >= 11 is 0. The quantitative estimate of drug-likeness (QED) is 0.439. The lowest BCUT2D eigenvalue weighted by atomic mass is 10.1. The molecule has 0 rings (SSSR count). The zero-order valence-electron chi connectivity index (χ0n) is 7.66. The highest BCUT2D eigenvalue weighted by molar-refractivity contribution is 5.73. The molecule has 5 heteroatoms. The molecule has 0 amide bonds. The molecule has 0 spiro atoms. The second kappa shape index (κ2) is 8.45. The number of aliphatic carboxylic acids is 1. The molecule has 0 aromatic heterocycles. The Bertz CT molecular complexity index is 115. The third-order valence-electron chi connectivity index (χ3n) is 1.17. The maximum atomic E-state index is 10.0. The lowest BCUT2D eigenvalue weighted by Crippen LogP contribution is -2.34. The molecule has 0 aromatic rings. The van der Waals surface area contributed by atoms with E-state index in [0.29, 0.717) is 13.1 Å². The molecule has 74 valence electrons. The van der Waals surface area contributed by atoms with Gasteiger partial charge in [0.25, 0.3) is 0 Å². The second-order valence-electron chi connectivity index (χ2n) is 2.69. The molecule has 1 atom stereocenters. The van der Waals surface area contributed by atoms with Gasteiger partial charge in [0.1, 0.15) is 6.04 Å². The Morgan fingerprint density at radius 1 is 1.33 bits per heavy atom. The Morgan fingerprint density at radius 2 is 1.67 bits per heavy atom. The van der Waals surface area contributed by atoms with Crippen LogP contribution in [0.2, 0.25) is 0 Å². The van der Waals surface area contributed by atoms with Crippen molar-refractivity contribution in [2.45, 2.75) is 19.9 Å². The first-order valence-corrected chi connectivity index (χ1v) is 3.85. The van der Waals surface area contributed by atoms with E-state index in [1.54, 1.807) is 13.8 Å². The fourth-order valence-corrected chi connectivity index (χ4v) is 0.285. The number of carboxylic acids is 1. The summed E-state index contributed by atoms with van der Waals surface area (Å²) in [6.45, 7) is 4.75. The molecule has 0 fully saturated rings. The molecule has 7 N–H and O–H groups in total. The van der Waals surface area contributed by atoms with Gasteiger partial charge in [-0.1, -0.05) is 13.8 Å². The van der Waals surface area contributed by atoms with Crippen LogP contribution in [0.5, 0.6) is 0 Å². The van der Waals surface area contributed by atoms with Crippen LogP contribution in [0.25, 0.3) is 0 Å². The molecule has 0 aliphatic carbocycles. The third-order valence-corrected chi connectivity index (χ3v) is 1.17. The minimum absolute atomic E-state index is 0.0208. The van der Waals surface area contributed by atoms with E-state index in [9.17, 15) is 4.79 Å². The average molecular weight is 177 g/mol. The highest BCUT2D eigenvalue weighted by Gasteiger charge is 2.14. The summed E-state index contributed by atoms with van der Waals surface area (Å²) in [6, 6.07) is -0.713. The van der Waals surface area contributed by atoms with Crippen LogP contribution in [-0.2, 0) is 4.79 Å². The number of hydrogen-bond donors (Lipinski definition) is 4. The Morgan fingerprint density at radius 3 is 1.67 bits per heavy atom. The lowest BCUT2D eigenvalue weighted by molar-refractivity contribution is -0.139. The van der Waals surface area contributed by atoms with Gasteiger partial charge in [-0.3, -0.25) is 4.79 Å². The summed E-state index contributed by atoms with van der Waals surface area (Å²) in [6.07, 6.45) is 0. The van der Waals surface area contributed by atoms with Crippen molar-refractivity contribution < 1.29 is 9.90 Å². The largest absolute Gasteiger partial charge is 0.480 e. The predicted octanol–water partition coefficient (Wildman–Crippen LogP) is -1.04. The molecule has 0 radical (unpaired) electrons. The van der Waals surface area contributed by atoms with Gasteiger partial charge >= 0.3 is 5.97 Å². The number of hydrogen-bond acceptors (Lipinski definition) is 4. The van der Waals surface area contributed by atoms with Crippen LogP contribution < -0.4 is 17.2 Å². The third kappa shape index (κ3) is 9.35. The summed E-state index contributed by atoms with van der Waals surface area (Å²) in [5.41, 5.74) is 15.0. The number of carbonyl (C=O) groups is 1. The van der Waals surface area contributed by atoms with Gasteiger partial charge in [0.15, 0.2) is 0 Å².